The van der Waals surface area contributed by atoms with Gasteiger partial charge in [-0.15, -0.1) is 0 Å². The molecular weight excluding hydrogens is 354 g/mol. The molecule has 2 rings (SSSR count). The topological polar surface area (TPSA) is 30.5 Å². The van der Waals surface area contributed by atoms with Crippen molar-refractivity contribution in [3.63, 3.8) is 0 Å². The van der Waals surface area contributed by atoms with Crippen LogP contribution in [0.1, 0.15) is 12.5 Å². The molecule has 0 aliphatic carbocycles. The van der Waals surface area contributed by atoms with Crippen LogP contribution >= 0.6 is 27.5 Å². The van der Waals surface area contributed by atoms with E-state index >= 15 is 0 Å². The van der Waals surface area contributed by atoms with Crippen molar-refractivity contribution in [3.8, 4) is 11.5 Å². The maximum Gasteiger partial charge on any atom is 0.161 e. The molecule has 21 heavy (non-hydrogen) atoms. The van der Waals surface area contributed by atoms with Crippen LogP contribution in [-0.2, 0) is 6.54 Å². The quantitative estimate of drug-likeness (QED) is 0.765. The van der Waals surface area contributed by atoms with Crippen molar-refractivity contribution in [3.05, 3.63) is 51.5 Å². The Morgan fingerprint density at radius 3 is 2.62 bits per heavy atom. The molecule has 0 fully saturated rings. The van der Waals surface area contributed by atoms with Gasteiger partial charge < -0.3 is 14.8 Å². The molecule has 0 radical (unpaired) electrons. The third-order valence-electron chi connectivity index (χ3n) is 2.94. The summed E-state index contributed by atoms with van der Waals surface area (Å²) in [6, 6.07) is 11.7. The van der Waals surface area contributed by atoms with Gasteiger partial charge in [-0.1, -0.05) is 17.7 Å². The number of anilines is 1. The number of benzene rings is 2. The molecule has 0 bridgehead atoms. The number of hydrogen-bond acceptors (Lipinski definition) is 3. The lowest BCUT2D eigenvalue weighted by Crippen LogP contribution is -2.01. The lowest BCUT2D eigenvalue weighted by atomic mass is 10.2. The Labute approximate surface area is 138 Å². The molecule has 1 N–H and O–H groups in total. The second-order valence-corrected chi connectivity index (χ2v) is 5.66. The predicted molar refractivity (Wildman–Crippen MR) is 90.6 cm³/mol. The molecule has 0 aliphatic heterocycles. The number of rotatable bonds is 6. The largest absolute Gasteiger partial charge is 0.493 e. The molecule has 0 saturated carbocycles. The molecule has 2 aromatic carbocycles. The van der Waals surface area contributed by atoms with E-state index in [1.54, 1.807) is 7.11 Å². The normalized spacial score (nSPS) is 10.3. The van der Waals surface area contributed by atoms with E-state index in [-0.39, 0.29) is 0 Å². The van der Waals surface area contributed by atoms with Gasteiger partial charge in [-0.05, 0) is 58.7 Å². The molecule has 0 aromatic heterocycles. The zero-order chi connectivity index (χ0) is 15.2. The minimum atomic E-state index is 0.618. The molecule has 0 unspecified atom stereocenters. The SMILES string of the molecule is CCOc1ccc(CNc2ccc(Cl)c(Br)c2)cc1OC. The average molecular weight is 371 g/mol. The van der Waals surface area contributed by atoms with E-state index in [1.807, 2.05) is 43.3 Å². The average Bonchev–Trinajstić information content (AvgIpc) is 2.49. The van der Waals surface area contributed by atoms with Crippen molar-refractivity contribution in [2.75, 3.05) is 19.0 Å². The summed E-state index contributed by atoms with van der Waals surface area (Å²) in [5, 5.41) is 4.04. The molecule has 0 heterocycles. The van der Waals surface area contributed by atoms with Crippen LogP contribution < -0.4 is 14.8 Å². The Morgan fingerprint density at radius 2 is 1.95 bits per heavy atom. The van der Waals surface area contributed by atoms with Gasteiger partial charge in [-0.3, -0.25) is 0 Å². The lowest BCUT2D eigenvalue weighted by Gasteiger charge is -2.12. The standard InChI is InChI=1S/C16H17BrClNO2/c1-3-21-15-7-4-11(8-16(15)20-2)10-19-12-5-6-14(18)13(17)9-12/h4-9,19H,3,10H2,1-2H3. The van der Waals surface area contributed by atoms with Gasteiger partial charge in [0.1, 0.15) is 0 Å². The zero-order valence-corrected chi connectivity index (χ0v) is 14.3. The van der Waals surface area contributed by atoms with E-state index < -0.39 is 0 Å². The minimum Gasteiger partial charge on any atom is -0.493 e. The van der Waals surface area contributed by atoms with Crippen molar-refractivity contribution in [1.29, 1.82) is 0 Å². The van der Waals surface area contributed by atoms with Crippen LogP contribution in [0.3, 0.4) is 0 Å². The fourth-order valence-corrected chi connectivity index (χ4v) is 2.40. The molecule has 0 amide bonds. The van der Waals surface area contributed by atoms with E-state index in [0.717, 1.165) is 27.2 Å². The second kappa shape index (κ2) is 7.57. The van der Waals surface area contributed by atoms with Gasteiger partial charge in [-0.2, -0.15) is 0 Å². The summed E-state index contributed by atoms with van der Waals surface area (Å²) in [5.74, 6) is 1.51. The van der Waals surface area contributed by atoms with Gasteiger partial charge in [0.2, 0.25) is 0 Å². The molecular formula is C16H17BrClNO2. The van der Waals surface area contributed by atoms with Crippen LogP contribution in [0.25, 0.3) is 0 Å². The molecule has 0 saturated heterocycles. The van der Waals surface area contributed by atoms with Crippen LogP contribution in [0.4, 0.5) is 5.69 Å². The van der Waals surface area contributed by atoms with E-state index in [2.05, 4.69) is 21.2 Å². The van der Waals surface area contributed by atoms with Crippen LogP contribution in [0, 0.1) is 0 Å². The Morgan fingerprint density at radius 1 is 1.14 bits per heavy atom. The number of hydrogen-bond donors (Lipinski definition) is 1. The molecule has 0 aliphatic rings. The molecule has 112 valence electrons. The highest BCUT2D eigenvalue weighted by molar-refractivity contribution is 9.10. The molecule has 0 atom stereocenters. The number of ether oxygens (including phenoxy) is 2. The maximum absolute atomic E-state index is 5.98. The Balaban J connectivity index is 2.07. The monoisotopic (exact) mass is 369 g/mol. The van der Waals surface area contributed by atoms with Crippen LogP contribution in [0.2, 0.25) is 5.02 Å². The van der Waals surface area contributed by atoms with Gasteiger partial charge >= 0.3 is 0 Å². The smallest absolute Gasteiger partial charge is 0.161 e. The fraction of sp³-hybridized carbons (Fsp3) is 0.250. The van der Waals surface area contributed by atoms with Crippen LogP contribution in [0.15, 0.2) is 40.9 Å². The van der Waals surface area contributed by atoms with E-state index in [9.17, 15) is 0 Å². The Hall–Kier alpha value is -1.39. The van der Waals surface area contributed by atoms with E-state index in [1.165, 1.54) is 0 Å². The summed E-state index contributed by atoms with van der Waals surface area (Å²) in [5.41, 5.74) is 2.11. The number of halogens is 2. The van der Waals surface area contributed by atoms with E-state index in [0.29, 0.717) is 18.2 Å². The zero-order valence-electron chi connectivity index (χ0n) is 12.0. The van der Waals surface area contributed by atoms with Crippen LogP contribution in [-0.4, -0.2) is 13.7 Å². The molecule has 5 heteroatoms. The summed E-state index contributed by atoms with van der Waals surface area (Å²) >= 11 is 9.39. The van der Waals surface area contributed by atoms with Crippen molar-refractivity contribution < 1.29 is 9.47 Å². The number of nitrogens with one attached hydrogen (secondary N) is 1. The Kier molecular flexibility index (Phi) is 5.76. The fourth-order valence-electron chi connectivity index (χ4n) is 1.91. The van der Waals surface area contributed by atoms with Crippen molar-refractivity contribution >= 4 is 33.2 Å². The van der Waals surface area contributed by atoms with Crippen molar-refractivity contribution in [2.24, 2.45) is 0 Å². The molecule has 2 aromatic rings. The van der Waals surface area contributed by atoms with Gasteiger partial charge in [0.15, 0.2) is 11.5 Å². The second-order valence-electron chi connectivity index (χ2n) is 4.40. The first-order chi connectivity index (χ1) is 10.1. The van der Waals surface area contributed by atoms with Gasteiger partial charge in [-0.25, -0.2) is 0 Å². The first-order valence-electron chi connectivity index (χ1n) is 6.62. The minimum absolute atomic E-state index is 0.618. The highest BCUT2D eigenvalue weighted by Crippen LogP contribution is 2.29. The van der Waals surface area contributed by atoms with Crippen molar-refractivity contribution in [1.82, 2.24) is 0 Å². The third-order valence-corrected chi connectivity index (χ3v) is 4.16. The summed E-state index contributed by atoms with van der Waals surface area (Å²) < 4.78 is 11.7. The van der Waals surface area contributed by atoms with Gasteiger partial charge in [0.25, 0.3) is 0 Å². The first-order valence-corrected chi connectivity index (χ1v) is 7.79. The van der Waals surface area contributed by atoms with E-state index in [4.69, 9.17) is 21.1 Å². The van der Waals surface area contributed by atoms with Crippen molar-refractivity contribution in [2.45, 2.75) is 13.5 Å². The predicted octanol–water partition coefficient (Wildman–Crippen LogP) is 5.12. The van der Waals surface area contributed by atoms with Gasteiger partial charge in [0, 0.05) is 16.7 Å². The van der Waals surface area contributed by atoms with Crippen LogP contribution in [0.5, 0.6) is 11.5 Å². The summed E-state index contributed by atoms with van der Waals surface area (Å²) in [7, 11) is 1.64. The Bertz CT molecular complexity index is 619. The third kappa shape index (κ3) is 4.29. The summed E-state index contributed by atoms with van der Waals surface area (Å²) in [4.78, 5) is 0. The number of methoxy groups -OCH3 is 1. The first kappa shape index (κ1) is 16.0. The summed E-state index contributed by atoms with van der Waals surface area (Å²) in [6.07, 6.45) is 0. The lowest BCUT2D eigenvalue weighted by molar-refractivity contribution is 0.310. The maximum atomic E-state index is 5.98. The molecule has 3 nitrogen and oxygen atoms in total. The highest BCUT2D eigenvalue weighted by Gasteiger charge is 2.05. The summed E-state index contributed by atoms with van der Waals surface area (Å²) in [6.45, 7) is 3.26. The van der Waals surface area contributed by atoms with Gasteiger partial charge in [0.05, 0.1) is 18.7 Å². The molecule has 0 spiro atoms. The highest BCUT2D eigenvalue weighted by atomic mass is 79.9.